The molecule has 0 saturated heterocycles. The fourth-order valence-corrected chi connectivity index (χ4v) is 10.6. The molecule has 6 nitrogen and oxygen atoms in total. The van der Waals surface area contributed by atoms with Crippen LogP contribution in [0.2, 0.25) is 0 Å². The van der Waals surface area contributed by atoms with Gasteiger partial charge < -0.3 is 10.6 Å². The van der Waals surface area contributed by atoms with Gasteiger partial charge in [0.25, 0.3) is 0 Å². The highest BCUT2D eigenvalue weighted by atomic mass is 32.3. The molecule has 0 aromatic rings. The third-order valence-corrected chi connectivity index (χ3v) is 12.4. The maximum Gasteiger partial charge on any atom is 0.340 e. The van der Waals surface area contributed by atoms with Crippen molar-refractivity contribution in [1.29, 1.82) is 0 Å². The van der Waals surface area contributed by atoms with Gasteiger partial charge in [0.2, 0.25) is 19.7 Å². The Morgan fingerprint density at radius 3 is 1.40 bits per heavy atom. The summed E-state index contributed by atoms with van der Waals surface area (Å²) in [5.41, 5.74) is 9.53. The zero-order valence-electron chi connectivity index (χ0n) is 15.7. The minimum atomic E-state index is -4.04. The van der Waals surface area contributed by atoms with Crippen molar-refractivity contribution in [2.45, 2.75) is 81.4 Å². The SMILES string of the molecule is CC1CCC(S(=O)(=O)C([NH+]=[N-])S(=O)(=O)C2CCC(C)CC2C)C(C)C1. The molecule has 1 N–H and O–H groups in total. The molecule has 146 valence electrons. The van der Waals surface area contributed by atoms with E-state index in [0.717, 1.165) is 25.7 Å². The first-order valence-corrected chi connectivity index (χ1v) is 12.6. The minimum Gasteiger partial charge on any atom is -0.507 e. The summed E-state index contributed by atoms with van der Waals surface area (Å²) in [4.78, 5) is 0. The maximum atomic E-state index is 13.1. The predicted octanol–water partition coefficient (Wildman–Crippen LogP) is 1.85. The van der Waals surface area contributed by atoms with Gasteiger partial charge in [-0.1, -0.05) is 27.7 Å². The average Bonchev–Trinajstić information content (AvgIpc) is 2.46. The molecule has 25 heavy (non-hydrogen) atoms. The van der Waals surface area contributed by atoms with E-state index in [1.807, 2.05) is 13.8 Å². The van der Waals surface area contributed by atoms with Crippen molar-refractivity contribution >= 4 is 19.7 Å². The van der Waals surface area contributed by atoms with Crippen LogP contribution in [0.5, 0.6) is 0 Å². The molecule has 6 unspecified atom stereocenters. The molecule has 8 heteroatoms. The largest absolute Gasteiger partial charge is 0.507 e. The highest BCUT2D eigenvalue weighted by Crippen LogP contribution is 2.38. The molecule has 0 bridgehead atoms. The lowest BCUT2D eigenvalue weighted by molar-refractivity contribution is -0.475. The van der Waals surface area contributed by atoms with Crippen LogP contribution in [-0.4, -0.2) is 32.0 Å². The van der Waals surface area contributed by atoms with E-state index in [-0.39, 0.29) is 11.8 Å². The number of hydrogen-bond donors (Lipinski definition) is 1. The van der Waals surface area contributed by atoms with Crippen LogP contribution in [0.4, 0.5) is 0 Å². The molecule has 2 fully saturated rings. The molecule has 2 aliphatic rings. The van der Waals surface area contributed by atoms with Gasteiger partial charge in [-0.2, -0.15) is 0 Å². The number of rotatable bonds is 5. The minimum absolute atomic E-state index is 0.108. The van der Waals surface area contributed by atoms with Crippen molar-refractivity contribution in [3.05, 3.63) is 5.53 Å². The molecule has 0 spiro atoms. The van der Waals surface area contributed by atoms with E-state index in [2.05, 4.69) is 13.8 Å². The van der Waals surface area contributed by atoms with Crippen LogP contribution < -0.4 is 5.11 Å². The van der Waals surface area contributed by atoms with Crippen molar-refractivity contribution < 1.29 is 21.9 Å². The maximum absolute atomic E-state index is 13.1. The van der Waals surface area contributed by atoms with Gasteiger partial charge >= 0.3 is 4.71 Å². The van der Waals surface area contributed by atoms with E-state index < -0.39 is 34.9 Å². The van der Waals surface area contributed by atoms with Crippen LogP contribution >= 0.6 is 0 Å². The summed E-state index contributed by atoms with van der Waals surface area (Å²) in [6, 6.07) is 0. The zero-order chi connectivity index (χ0) is 19.0. The molecular formula is C17H32N2O4S2. The third-order valence-electron chi connectivity index (χ3n) is 6.25. The Morgan fingerprint density at radius 1 is 0.760 bits per heavy atom. The Kier molecular flexibility index (Phi) is 6.35. The van der Waals surface area contributed by atoms with Crippen molar-refractivity contribution in [2.24, 2.45) is 23.7 Å². The van der Waals surface area contributed by atoms with Gasteiger partial charge in [0.15, 0.2) is 0 Å². The van der Waals surface area contributed by atoms with E-state index in [1.165, 1.54) is 0 Å². The Bertz CT molecular complexity index is 633. The van der Waals surface area contributed by atoms with Gasteiger partial charge in [-0.3, -0.25) is 0 Å². The Hall–Kier alpha value is -0.500. The van der Waals surface area contributed by atoms with E-state index in [4.69, 9.17) is 0 Å². The number of nitrogens with one attached hydrogen (secondary N) is 1. The fraction of sp³-hybridized carbons (Fsp3) is 1.00. The molecule has 2 saturated carbocycles. The molecule has 0 aromatic carbocycles. The molecule has 0 amide bonds. The van der Waals surface area contributed by atoms with E-state index in [0.29, 0.717) is 24.7 Å². The zero-order valence-corrected chi connectivity index (χ0v) is 17.3. The van der Waals surface area contributed by atoms with E-state index in [9.17, 15) is 22.4 Å². The molecular weight excluding hydrogens is 360 g/mol. The average molecular weight is 393 g/mol. The molecule has 0 radical (unpaired) electrons. The second kappa shape index (κ2) is 7.62. The Labute approximate surface area is 152 Å². The predicted molar refractivity (Wildman–Crippen MR) is 97.9 cm³/mol. The van der Waals surface area contributed by atoms with Crippen molar-refractivity contribution in [3.63, 3.8) is 0 Å². The molecule has 0 aromatic heterocycles. The van der Waals surface area contributed by atoms with Crippen LogP contribution in [0.15, 0.2) is 0 Å². The van der Waals surface area contributed by atoms with Gasteiger partial charge in [0.05, 0.1) is 10.5 Å². The van der Waals surface area contributed by atoms with Gasteiger partial charge in [-0.15, -0.1) is 0 Å². The molecule has 2 rings (SSSR count). The van der Waals surface area contributed by atoms with Crippen LogP contribution in [0.25, 0.3) is 5.53 Å². The third kappa shape index (κ3) is 4.10. The summed E-state index contributed by atoms with van der Waals surface area (Å²) in [7, 11) is -8.08. The van der Waals surface area contributed by atoms with Crippen LogP contribution in [0.3, 0.4) is 0 Å². The first kappa shape index (κ1) is 20.8. The number of sulfone groups is 2. The standard InChI is InChI=1S/C17H32N2O4S2/c1-11-5-7-15(13(3)9-11)24(20,21)17(19-18)25(22,23)16-8-6-12(2)10-14(16)4/h11-17,19H,5-10H2,1-4H3. The topological polar surface area (TPSA) is 105 Å². The highest BCUT2D eigenvalue weighted by molar-refractivity contribution is 8.09. The van der Waals surface area contributed by atoms with Crippen molar-refractivity contribution in [3.8, 4) is 0 Å². The summed E-state index contributed by atoms with van der Waals surface area (Å²) in [6.45, 7) is 7.90. The van der Waals surface area contributed by atoms with Crippen LogP contribution in [0, 0.1) is 23.7 Å². The monoisotopic (exact) mass is 392 g/mol. The van der Waals surface area contributed by atoms with Crippen LogP contribution in [0.1, 0.15) is 66.2 Å². The number of nitrogens with zero attached hydrogens (tertiary/aromatic N) is 1. The van der Waals surface area contributed by atoms with Gasteiger partial charge in [0, 0.05) is 0 Å². The van der Waals surface area contributed by atoms with E-state index in [1.54, 1.807) is 5.11 Å². The lowest BCUT2D eigenvalue weighted by atomic mass is 9.83. The van der Waals surface area contributed by atoms with Gasteiger partial charge in [-0.25, -0.2) is 16.8 Å². The first-order valence-electron chi connectivity index (χ1n) is 9.36. The fourth-order valence-electron chi connectivity index (χ4n) is 4.90. The smallest absolute Gasteiger partial charge is 0.340 e. The molecule has 6 atom stereocenters. The Balaban J connectivity index is 2.32. The van der Waals surface area contributed by atoms with Crippen LogP contribution in [-0.2, 0) is 19.7 Å². The van der Waals surface area contributed by atoms with Gasteiger partial charge in [0.1, 0.15) is 0 Å². The summed E-state index contributed by atoms with van der Waals surface area (Å²) in [5.74, 6) is 0.670. The molecule has 0 heterocycles. The van der Waals surface area contributed by atoms with Crippen molar-refractivity contribution in [1.82, 2.24) is 0 Å². The quantitative estimate of drug-likeness (QED) is 0.721. The van der Waals surface area contributed by atoms with Gasteiger partial charge in [-0.05, 0) is 62.2 Å². The highest BCUT2D eigenvalue weighted by Gasteiger charge is 2.52. The lowest BCUT2D eigenvalue weighted by Gasteiger charge is -2.35. The first-order chi connectivity index (χ1) is 11.5. The second-order valence-corrected chi connectivity index (χ2v) is 13.3. The molecule has 0 aliphatic heterocycles. The van der Waals surface area contributed by atoms with Crippen molar-refractivity contribution in [2.75, 3.05) is 0 Å². The molecule has 2 aliphatic carbocycles. The van der Waals surface area contributed by atoms with E-state index >= 15 is 0 Å². The second-order valence-electron chi connectivity index (χ2n) is 8.51. The Morgan fingerprint density at radius 2 is 1.12 bits per heavy atom. The summed E-state index contributed by atoms with van der Waals surface area (Å²) < 4.78 is 50.5. The number of hydrogen-bond acceptors (Lipinski definition) is 4. The summed E-state index contributed by atoms with van der Waals surface area (Å²) in [5, 5.41) is 0.222. The lowest BCUT2D eigenvalue weighted by Crippen LogP contribution is -2.79. The normalized spacial score (nSPS) is 38.9. The summed E-state index contributed by atoms with van der Waals surface area (Å²) in [6.07, 6.45) is 3.97. The summed E-state index contributed by atoms with van der Waals surface area (Å²) >= 11 is 0.